The lowest BCUT2D eigenvalue weighted by Gasteiger charge is -2.11. The molecule has 2 N–H and O–H groups in total. The summed E-state index contributed by atoms with van der Waals surface area (Å²) < 4.78 is 44.9. The number of alkyl halides is 3. The van der Waals surface area contributed by atoms with Crippen LogP contribution in [-0.4, -0.2) is 33.9 Å². The summed E-state index contributed by atoms with van der Waals surface area (Å²) in [5, 5.41) is 12.9. The van der Waals surface area contributed by atoms with Gasteiger partial charge in [-0.3, -0.25) is 9.59 Å². The van der Waals surface area contributed by atoms with E-state index in [0.29, 0.717) is 16.5 Å². The molecular weight excluding hydrogens is 451 g/mol. The highest BCUT2D eigenvalue weighted by atomic mass is 35.5. The van der Waals surface area contributed by atoms with E-state index in [0.717, 1.165) is 12.1 Å². The van der Waals surface area contributed by atoms with Gasteiger partial charge in [-0.1, -0.05) is 22.9 Å². The number of nitrogens with one attached hydrogen (secondary N) is 2. The maximum Gasteiger partial charge on any atom is 0.416 e. The second-order valence-electron chi connectivity index (χ2n) is 6.61. The molecule has 12 heteroatoms. The van der Waals surface area contributed by atoms with Crippen molar-refractivity contribution < 1.29 is 27.5 Å². The quantitative estimate of drug-likeness (QED) is 0.567. The molecule has 3 rings (SSSR count). The molecule has 3 aromatic rings. The number of hydrogen-bond donors (Lipinski definition) is 2. The van der Waals surface area contributed by atoms with Crippen LogP contribution in [0.4, 0.5) is 24.5 Å². The molecule has 0 fully saturated rings. The Morgan fingerprint density at radius 1 is 1.16 bits per heavy atom. The van der Waals surface area contributed by atoms with Crippen LogP contribution < -0.4 is 15.4 Å². The minimum absolute atomic E-state index is 0.0513. The van der Waals surface area contributed by atoms with E-state index < -0.39 is 23.6 Å². The van der Waals surface area contributed by atoms with E-state index in [1.54, 1.807) is 12.1 Å². The fraction of sp³-hybridized carbons (Fsp3) is 0.200. The van der Waals surface area contributed by atoms with E-state index in [1.807, 2.05) is 0 Å². The van der Waals surface area contributed by atoms with Crippen LogP contribution in [0.3, 0.4) is 0 Å². The van der Waals surface area contributed by atoms with Crippen LogP contribution in [0.15, 0.2) is 42.5 Å². The predicted molar refractivity (Wildman–Crippen MR) is 111 cm³/mol. The van der Waals surface area contributed by atoms with E-state index >= 15 is 0 Å². The maximum absolute atomic E-state index is 12.9. The molecule has 0 spiro atoms. The molecule has 2 amide bonds. The van der Waals surface area contributed by atoms with Gasteiger partial charge in [-0.15, -0.1) is 5.10 Å². The second-order valence-corrected chi connectivity index (χ2v) is 7.04. The standard InChI is InChI=1S/C20H17ClF3N5O3/c1-11-18(19(31)25-14-5-3-4-12(8-14)20(22,23)24)27-28-29(11)10-17(30)26-15-9-13(21)6-7-16(15)32-2/h3-9H,10H2,1-2H3,(H,25,31)(H,26,30). The summed E-state index contributed by atoms with van der Waals surface area (Å²) in [7, 11) is 1.44. The number of aromatic nitrogens is 3. The molecule has 1 aromatic heterocycles. The first kappa shape index (κ1) is 23.1. The lowest BCUT2D eigenvalue weighted by molar-refractivity contribution is -0.137. The molecular formula is C20H17ClF3N5O3. The largest absolute Gasteiger partial charge is 0.495 e. The van der Waals surface area contributed by atoms with Crippen molar-refractivity contribution in [2.24, 2.45) is 0 Å². The Morgan fingerprint density at radius 3 is 2.59 bits per heavy atom. The molecule has 1 heterocycles. The van der Waals surface area contributed by atoms with Crippen LogP contribution >= 0.6 is 11.6 Å². The summed E-state index contributed by atoms with van der Waals surface area (Å²) in [6.45, 7) is 1.24. The van der Waals surface area contributed by atoms with Gasteiger partial charge in [-0.05, 0) is 43.3 Å². The highest BCUT2D eigenvalue weighted by molar-refractivity contribution is 6.31. The monoisotopic (exact) mass is 467 g/mol. The first-order valence-corrected chi connectivity index (χ1v) is 9.48. The van der Waals surface area contributed by atoms with Gasteiger partial charge in [-0.2, -0.15) is 13.2 Å². The fourth-order valence-electron chi connectivity index (χ4n) is 2.79. The molecule has 0 aliphatic rings. The number of benzene rings is 2. The molecule has 32 heavy (non-hydrogen) atoms. The van der Waals surface area contributed by atoms with E-state index in [9.17, 15) is 22.8 Å². The van der Waals surface area contributed by atoms with Gasteiger partial charge in [0.1, 0.15) is 12.3 Å². The normalized spacial score (nSPS) is 11.2. The van der Waals surface area contributed by atoms with Gasteiger partial charge >= 0.3 is 6.18 Å². The Labute approximate surface area is 185 Å². The SMILES string of the molecule is COc1ccc(Cl)cc1NC(=O)Cn1nnc(C(=O)Nc2cccc(C(F)(F)F)c2)c1C. The van der Waals surface area contributed by atoms with Crippen LogP contribution in [0.1, 0.15) is 21.7 Å². The second kappa shape index (κ2) is 9.27. The Balaban J connectivity index is 1.71. The van der Waals surface area contributed by atoms with E-state index in [2.05, 4.69) is 20.9 Å². The number of carbonyl (C=O) groups is 2. The fourth-order valence-corrected chi connectivity index (χ4v) is 2.96. The number of halogens is 4. The van der Waals surface area contributed by atoms with Gasteiger partial charge in [0, 0.05) is 10.7 Å². The molecule has 0 saturated heterocycles. The molecule has 0 aliphatic heterocycles. The van der Waals surface area contributed by atoms with E-state index in [-0.39, 0.29) is 23.6 Å². The first-order chi connectivity index (χ1) is 15.1. The van der Waals surface area contributed by atoms with Crippen LogP contribution in [0.2, 0.25) is 5.02 Å². The molecule has 0 aliphatic carbocycles. The molecule has 0 atom stereocenters. The van der Waals surface area contributed by atoms with Crippen molar-refractivity contribution in [3.05, 3.63) is 64.4 Å². The third kappa shape index (κ3) is 5.35. The molecule has 0 unspecified atom stereocenters. The summed E-state index contributed by atoms with van der Waals surface area (Å²) in [4.78, 5) is 24.9. The maximum atomic E-state index is 12.9. The summed E-state index contributed by atoms with van der Waals surface area (Å²) in [5.74, 6) is -0.840. The average Bonchev–Trinajstić information content (AvgIpc) is 3.08. The average molecular weight is 468 g/mol. The third-order valence-electron chi connectivity index (χ3n) is 4.37. The molecule has 0 saturated carbocycles. The number of methoxy groups -OCH3 is 1. The summed E-state index contributed by atoms with van der Waals surface area (Å²) in [5.41, 5.74) is -0.475. The van der Waals surface area contributed by atoms with Crippen molar-refractivity contribution in [1.82, 2.24) is 15.0 Å². The Morgan fingerprint density at radius 2 is 1.91 bits per heavy atom. The number of nitrogens with zero attached hydrogens (tertiary/aromatic N) is 3. The third-order valence-corrected chi connectivity index (χ3v) is 4.61. The predicted octanol–water partition coefficient (Wildman–Crippen LogP) is 4.16. The summed E-state index contributed by atoms with van der Waals surface area (Å²) in [6, 6.07) is 8.91. The van der Waals surface area contributed by atoms with Crippen LogP contribution in [0.25, 0.3) is 0 Å². The van der Waals surface area contributed by atoms with Crippen LogP contribution in [0.5, 0.6) is 5.75 Å². The molecule has 0 radical (unpaired) electrons. The van der Waals surface area contributed by atoms with Gasteiger partial charge in [0.05, 0.1) is 24.1 Å². The summed E-state index contributed by atoms with van der Waals surface area (Å²) in [6.07, 6.45) is -4.54. The van der Waals surface area contributed by atoms with Crippen molar-refractivity contribution in [3.63, 3.8) is 0 Å². The first-order valence-electron chi connectivity index (χ1n) is 9.10. The number of carbonyl (C=O) groups excluding carboxylic acids is 2. The van der Waals surface area contributed by atoms with Crippen molar-refractivity contribution >= 4 is 34.8 Å². The van der Waals surface area contributed by atoms with E-state index in [4.69, 9.17) is 16.3 Å². The highest BCUT2D eigenvalue weighted by Gasteiger charge is 2.30. The van der Waals surface area contributed by atoms with Crippen molar-refractivity contribution in [3.8, 4) is 5.75 Å². The van der Waals surface area contributed by atoms with Gasteiger partial charge < -0.3 is 15.4 Å². The number of rotatable bonds is 6. The lowest BCUT2D eigenvalue weighted by Crippen LogP contribution is -2.21. The molecule has 0 bridgehead atoms. The van der Waals surface area contributed by atoms with Gasteiger partial charge in [0.2, 0.25) is 5.91 Å². The molecule has 168 valence electrons. The Bertz CT molecular complexity index is 1160. The number of amides is 2. The van der Waals surface area contributed by atoms with Crippen molar-refractivity contribution in [2.75, 3.05) is 17.7 Å². The lowest BCUT2D eigenvalue weighted by atomic mass is 10.2. The topological polar surface area (TPSA) is 98.1 Å². The van der Waals surface area contributed by atoms with E-state index in [1.165, 1.54) is 36.9 Å². The van der Waals surface area contributed by atoms with Crippen molar-refractivity contribution in [2.45, 2.75) is 19.6 Å². The highest BCUT2D eigenvalue weighted by Crippen LogP contribution is 2.31. The zero-order valence-corrected chi connectivity index (χ0v) is 17.6. The number of hydrogen-bond acceptors (Lipinski definition) is 5. The number of anilines is 2. The molecule has 8 nitrogen and oxygen atoms in total. The number of ether oxygens (including phenoxy) is 1. The van der Waals surface area contributed by atoms with Gasteiger partial charge in [0.15, 0.2) is 5.69 Å². The van der Waals surface area contributed by atoms with Gasteiger partial charge in [0.25, 0.3) is 5.91 Å². The van der Waals surface area contributed by atoms with Gasteiger partial charge in [-0.25, -0.2) is 4.68 Å². The zero-order chi connectivity index (χ0) is 23.5. The van der Waals surface area contributed by atoms with Crippen molar-refractivity contribution in [1.29, 1.82) is 0 Å². The van der Waals surface area contributed by atoms with Crippen LogP contribution in [-0.2, 0) is 17.5 Å². The molecule has 2 aromatic carbocycles. The Hall–Kier alpha value is -3.60. The minimum atomic E-state index is -4.54. The minimum Gasteiger partial charge on any atom is -0.495 e. The van der Waals surface area contributed by atoms with Crippen LogP contribution in [0, 0.1) is 6.92 Å². The Kier molecular flexibility index (Phi) is 6.68. The smallest absolute Gasteiger partial charge is 0.416 e. The summed E-state index contributed by atoms with van der Waals surface area (Å²) >= 11 is 5.94. The zero-order valence-electron chi connectivity index (χ0n) is 16.8.